The Bertz CT molecular complexity index is 775. The van der Waals surface area contributed by atoms with Crippen LogP contribution >= 0.6 is 11.6 Å². The van der Waals surface area contributed by atoms with Gasteiger partial charge < -0.3 is 15.8 Å². The number of rotatable bonds is 5. The van der Waals surface area contributed by atoms with Gasteiger partial charge in [0.2, 0.25) is 0 Å². The van der Waals surface area contributed by atoms with Crippen LogP contribution in [0.5, 0.6) is 0 Å². The number of anilines is 1. The molecule has 1 unspecified atom stereocenters. The summed E-state index contributed by atoms with van der Waals surface area (Å²) in [4.78, 5) is 20.4. The summed E-state index contributed by atoms with van der Waals surface area (Å²) in [6.07, 6.45) is 5.77. The average molecular weight is 375 g/mol. The Hall–Kier alpha value is -2.18. The molecule has 3 atom stereocenters. The van der Waals surface area contributed by atoms with Crippen molar-refractivity contribution < 1.29 is 9.53 Å². The third kappa shape index (κ3) is 4.31. The van der Waals surface area contributed by atoms with Gasteiger partial charge in [0.05, 0.1) is 28.5 Å². The van der Waals surface area contributed by atoms with Gasteiger partial charge in [0, 0.05) is 24.5 Å². The van der Waals surface area contributed by atoms with Crippen molar-refractivity contribution in [2.75, 3.05) is 11.9 Å². The fourth-order valence-corrected chi connectivity index (χ4v) is 3.70. The van der Waals surface area contributed by atoms with E-state index in [1.165, 1.54) is 0 Å². The Morgan fingerprint density at radius 3 is 2.58 bits per heavy atom. The zero-order valence-electron chi connectivity index (χ0n) is 14.9. The first-order valence-electron chi connectivity index (χ1n) is 8.74. The number of amides is 1. The van der Waals surface area contributed by atoms with Gasteiger partial charge in [0.1, 0.15) is 5.82 Å². The first-order valence-corrected chi connectivity index (χ1v) is 9.12. The fourth-order valence-electron chi connectivity index (χ4n) is 3.48. The maximum atomic E-state index is 11.8. The minimum absolute atomic E-state index is 0.249. The van der Waals surface area contributed by atoms with E-state index >= 15 is 0 Å². The maximum Gasteiger partial charge on any atom is 0.250 e. The fraction of sp³-hybridized carbons (Fsp3) is 0.421. The molecule has 0 aromatic carbocycles. The van der Waals surface area contributed by atoms with Crippen molar-refractivity contribution in [3.05, 3.63) is 41.2 Å². The Kier molecular flexibility index (Phi) is 5.74. The van der Waals surface area contributed by atoms with Crippen molar-refractivity contribution in [3.63, 3.8) is 0 Å². The van der Waals surface area contributed by atoms with Crippen LogP contribution < -0.4 is 11.1 Å². The van der Waals surface area contributed by atoms with Crippen LogP contribution in [0.1, 0.15) is 37.0 Å². The van der Waals surface area contributed by atoms with E-state index in [1.54, 1.807) is 30.6 Å². The minimum atomic E-state index is -0.565. The minimum Gasteiger partial charge on any atom is -0.376 e. The highest BCUT2D eigenvalue weighted by Crippen LogP contribution is 2.30. The molecule has 1 aliphatic heterocycles. The van der Waals surface area contributed by atoms with Gasteiger partial charge in [-0.1, -0.05) is 11.6 Å². The zero-order valence-corrected chi connectivity index (χ0v) is 15.7. The van der Waals surface area contributed by atoms with Gasteiger partial charge >= 0.3 is 0 Å². The van der Waals surface area contributed by atoms with Crippen LogP contribution in [-0.2, 0) is 4.74 Å². The van der Waals surface area contributed by atoms with Crippen molar-refractivity contribution in [3.8, 4) is 11.3 Å². The highest BCUT2D eigenvalue weighted by Gasteiger charge is 2.25. The summed E-state index contributed by atoms with van der Waals surface area (Å²) in [7, 11) is 0. The molecule has 0 saturated carbocycles. The van der Waals surface area contributed by atoms with E-state index in [1.807, 2.05) is 0 Å². The molecule has 1 saturated heterocycles. The van der Waals surface area contributed by atoms with Crippen molar-refractivity contribution in [1.82, 2.24) is 9.97 Å². The van der Waals surface area contributed by atoms with Crippen LogP contribution in [0.4, 0.5) is 5.82 Å². The van der Waals surface area contributed by atoms with Crippen molar-refractivity contribution in [2.45, 2.75) is 38.9 Å². The van der Waals surface area contributed by atoms with Gasteiger partial charge in [0.15, 0.2) is 0 Å². The molecule has 3 heterocycles. The van der Waals surface area contributed by atoms with Crippen LogP contribution in [0.2, 0.25) is 5.02 Å². The number of hydrogen-bond acceptors (Lipinski definition) is 5. The standard InChI is InChI=1S/C19H23ClN4O2/c1-11-7-13(8-12(2)26-11)10-23-19-16(20)9-15(18(21)25)17(24-19)14-3-5-22-6-4-14/h3-6,9,11-13H,7-8,10H2,1-2H3,(H2,21,25)(H,23,24)/t11-,12+,13?. The molecule has 2 aromatic heterocycles. The SMILES string of the molecule is C[C@@H]1CC(CNc2nc(-c3ccncc3)c(C(N)=O)cc2Cl)C[C@H](C)O1. The van der Waals surface area contributed by atoms with E-state index in [4.69, 9.17) is 22.1 Å². The summed E-state index contributed by atoms with van der Waals surface area (Å²) in [5.74, 6) is 0.465. The molecule has 6 nitrogen and oxygen atoms in total. The molecule has 1 aliphatic rings. The number of halogens is 1. The molecule has 3 rings (SSSR count). The average Bonchev–Trinajstić information content (AvgIpc) is 2.60. The number of hydrogen-bond donors (Lipinski definition) is 2. The molecule has 1 amide bonds. The second-order valence-corrected chi connectivity index (χ2v) is 7.20. The zero-order chi connectivity index (χ0) is 18.7. The van der Waals surface area contributed by atoms with Crippen LogP contribution in [0.15, 0.2) is 30.6 Å². The molecular formula is C19H23ClN4O2. The van der Waals surface area contributed by atoms with E-state index in [2.05, 4.69) is 29.1 Å². The summed E-state index contributed by atoms with van der Waals surface area (Å²) in [5, 5.41) is 3.71. The van der Waals surface area contributed by atoms with Crippen molar-refractivity contribution >= 4 is 23.3 Å². The number of carbonyl (C=O) groups excluding carboxylic acids is 1. The van der Waals surface area contributed by atoms with Crippen LogP contribution in [0.25, 0.3) is 11.3 Å². The van der Waals surface area contributed by atoms with E-state index in [0.29, 0.717) is 28.0 Å². The lowest BCUT2D eigenvalue weighted by Crippen LogP contribution is -2.32. The van der Waals surface area contributed by atoms with E-state index < -0.39 is 5.91 Å². The summed E-state index contributed by atoms with van der Waals surface area (Å²) in [6.45, 7) is 4.94. The monoisotopic (exact) mass is 374 g/mol. The molecule has 138 valence electrons. The summed E-state index contributed by atoms with van der Waals surface area (Å²) < 4.78 is 5.78. The molecule has 1 fully saturated rings. The number of aromatic nitrogens is 2. The van der Waals surface area contributed by atoms with Crippen LogP contribution in [-0.4, -0.2) is 34.6 Å². The number of primary amides is 1. The molecule has 0 bridgehead atoms. The van der Waals surface area contributed by atoms with E-state index in [9.17, 15) is 4.79 Å². The lowest BCUT2D eigenvalue weighted by Gasteiger charge is -2.32. The van der Waals surface area contributed by atoms with E-state index in [-0.39, 0.29) is 12.2 Å². The molecule has 3 N–H and O–H groups in total. The molecule has 0 spiro atoms. The normalized spacial score (nSPS) is 22.8. The molecule has 7 heteroatoms. The first-order chi connectivity index (χ1) is 12.4. The highest BCUT2D eigenvalue weighted by molar-refractivity contribution is 6.33. The van der Waals surface area contributed by atoms with Gasteiger partial charge in [-0.15, -0.1) is 0 Å². The predicted octanol–water partition coefficient (Wildman–Crippen LogP) is 3.51. The highest BCUT2D eigenvalue weighted by atomic mass is 35.5. The quantitative estimate of drug-likeness (QED) is 0.835. The number of nitrogens with one attached hydrogen (secondary N) is 1. The number of nitrogens with two attached hydrogens (primary N) is 1. The second kappa shape index (κ2) is 8.01. The Morgan fingerprint density at radius 1 is 1.31 bits per heavy atom. The first kappa shape index (κ1) is 18.6. The third-order valence-corrected chi connectivity index (χ3v) is 4.84. The Balaban J connectivity index is 1.84. The van der Waals surface area contributed by atoms with Crippen molar-refractivity contribution in [1.29, 1.82) is 0 Å². The van der Waals surface area contributed by atoms with Crippen LogP contribution in [0, 0.1) is 5.92 Å². The number of pyridine rings is 2. The summed E-state index contributed by atoms with van der Waals surface area (Å²) in [6, 6.07) is 5.15. The molecular weight excluding hydrogens is 352 g/mol. The van der Waals surface area contributed by atoms with Gasteiger partial charge in [-0.25, -0.2) is 4.98 Å². The smallest absolute Gasteiger partial charge is 0.250 e. The second-order valence-electron chi connectivity index (χ2n) is 6.79. The Labute approximate surface area is 158 Å². The predicted molar refractivity (Wildman–Crippen MR) is 102 cm³/mol. The van der Waals surface area contributed by atoms with Gasteiger partial charge in [-0.05, 0) is 50.8 Å². The lowest BCUT2D eigenvalue weighted by atomic mass is 9.92. The maximum absolute atomic E-state index is 11.8. The Morgan fingerprint density at radius 2 is 1.96 bits per heavy atom. The summed E-state index contributed by atoms with van der Waals surface area (Å²) >= 11 is 6.34. The number of ether oxygens (including phenoxy) is 1. The largest absolute Gasteiger partial charge is 0.376 e. The van der Waals surface area contributed by atoms with Crippen molar-refractivity contribution in [2.24, 2.45) is 11.7 Å². The third-order valence-electron chi connectivity index (χ3n) is 4.55. The lowest BCUT2D eigenvalue weighted by molar-refractivity contribution is -0.0495. The van der Waals surface area contributed by atoms with Gasteiger partial charge in [-0.3, -0.25) is 9.78 Å². The molecule has 2 aromatic rings. The molecule has 0 radical (unpaired) electrons. The number of carbonyl (C=O) groups is 1. The van der Waals surface area contributed by atoms with Gasteiger partial charge in [-0.2, -0.15) is 0 Å². The van der Waals surface area contributed by atoms with Gasteiger partial charge in [0.25, 0.3) is 5.91 Å². The topological polar surface area (TPSA) is 90.1 Å². The van der Waals surface area contributed by atoms with E-state index in [0.717, 1.165) is 24.9 Å². The van der Waals surface area contributed by atoms with Crippen LogP contribution in [0.3, 0.4) is 0 Å². The molecule has 0 aliphatic carbocycles. The number of nitrogens with zero attached hydrogens (tertiary/aromatic N) is 2. The molecule has 26 heavy (non-hydrogen) atoms. The summed E-state index contributed by atoms with van der Waals surface area (Å²) in [5.41, 5.74) is 7.06.